The van der Waals surface area contributed by atoms with Crippen LogP contribution in [0.1, 0.15) is 24.6 Å². The predicted molar refractivity (Wildman–Crippen MR) is 96.9 cm³/mol. The van der Waals surface area contributed by atoms with E-state index < -0.39 is 28.5 Å². The number of nitrogens with zero attached hydrogens (tertiary/aromatic N) is 3. The van der Waals surface area contributed by atoms with Gasteiger partial charge >= 0.3 is 0 Å². The molecule has 0 bridgehead atoms. The SMILES string of the molecule is C[C@H]1[C@H](O)CN1c1nc(-c2cccc(S(=N)C(F)F)c2)c2c(n1)C(F)(F)CC2. The van der Waals surface area contributed by atoms with Crippen LogP contribution in [-0.4, -0.2) is 39.5 Å². The van der Waals surface area contributed by atoms with Crippen molar-refractivity contribution in [3.05, 3.63) is 35.5 Å². The highest BCUT2D eigenvalue weighted by molar-refractivity contribution is 7.86. The van der Waals surface area contributed by atoms with E-state index in [2.05, 4.69) is 9.97 Å². The fourth-order valence-electron chi connectivity index (χ4n) is 3.52. The maximum absolute atomic E-state index is 14.4. The second-order valence-electron chi connectivity index (χ2n) is 6.99. The first-order valence-corrected chi connectivity index (χ1v) is 10.0. The summed E-state index contributed by atoms with van der Waals surface area (Å²) < 4.78 is 62.3. The summed E-state index contributed by atoms with van der Waals surface area (Å²) in [5.41, 5.74) is 0.653. The number of benzene rings is 1. The number of β-amino-alcohol motifs (C(OH)–C–C–N with tert-alkyl or cyclic N) is 1. The molecule has 2 aliphatic rings. The summed E-state index contributed by atoms with van der Waals surface area (Å²) in [6.07, 6.45) is -0.882. The van der Waals surface area contributed by atoms with Crippen molar-refractivity contribution in [1.82, 2.24) is 9.97 Å². The minimum Gasteiger partial charge on any atom is -0.389 e. The molecular formula is C18H18F4N4OS. The third-order valence-corrected chi connectivity index (χ3v) is 6.38. The standard InChI is InChI=1S/C18H18F4N4OS/c1-9-13(27)8-26(9)17-24-14(12-5-6-18(21,22)15(12)25-17)10-3-2-4-11(7-10)28(23)16(19)20/h2-4,7,9,13,16,23,27H,5-6,8H2,1H3/t9-,13+,28?/m0/s1. The maximum Gasteiger partial charge on any atom is 0.298 e. The third-order valence-electron chi connectivity index (χ3n) is 5.26. The number of aliphatic hydroxyl groups is 1. The van der Waals surface area contributed by atoms with Gasteiger partial charge in [0.25, 0.3) is 11.7 Å². The number of alkyl halides is 4. The molecule has 2 N–H and O–H groups in total. The quantitative estimate of drug-likeness (QED) is 0.748. The number of anilines is 1. The lowest BCUT2D eigenvalue weighted by molar-refractivity contribution is -0.00603. The van der Waals surface area contributed by atoms with Crippen molar-refractivity contribution in [1.29, 1.82) is 4.78 Å². The van der Waals surface area contributed by atoms with Crippen molar-refractivity contribution in [2.24, 2.45) is 0 Å². The van der Waals surface area contributed by atoms with Crippen LogP contribution in [0.25, 0.3) is 11.3 Å². The van der Waals surface area contributed by atoms with Crippen molar-refractivity contribution in [3.8, 4) is 11.3 Å². The molecule has 150 valence electrons. The lowest BCUT2D eigenvalue weighted by Crippen LogP contribution is -2.59. The van der Waals surface area contributed by atoms with E-state index in [0.29, 0.717) is 11.1 Å². The van der Waals surface area contributed by atoms with Gasteiger partial charge in [-0.25, -0.2) is 9.97 Å². The second-order valence-corrected chi connectivity index (χ2v) is 8.49. The Kier molecular flexibility index (Phi) is 4.65. The molecule has 1 aromatic heterocycles. The van der Waals surface area contributed by atoms with Crippen molar-refractivity contribution in [2.45, 2.75) is 48.5 Å². The van der Waals surface area contributed by atoms with Crippen LogP contribution in [0.3, 0.4) is 0 Å². The van der Waals surface area contributed by atoms with Crippen LogP contribution in [0.4, 0.5) is 23.5 Å². The Balaban J connectivity index is 1.84. The molecular weight excluding hydrogens is 396 g/mol. The van der Waals surface area contributed by atoms with Crippen LogP contribution in [0.2, 0.25) is 0 Å². The lowest BCUT2D eigenvalue weighted by Gasteiger charge is -2.43. The van der Waals surface area contributed by atoms with Gasteiger partial charge in [0.05, 0.1) is 17.8 Å². The van der Waals surface area contributed by atoms with Gasteiger partial charge < -0.3 is 10.0 Å². The van der Waals surface area contributed by atoms with Gasteiger partial charge in [0.2, 0.25) is 5.95 Å². The Hall–Kier alpha value is -2.07. The Morgan fingerprint density at radius 1 is 1.32 bits per heavy atom. The van der Waals surface area contributed by atoms with E-state index in [1.807, 2.05) is 0 Å². The third kappa shape index (κ3) is 3.08. The Bertz CT molecular complexity index is 955. The zero-order valence-electron chi connectivity index (χ0n) is 14.9. The molecule has 5 nitrogen and oxygen atoms in total. The minimum atomic E-state index is -3.09. The Labute approximate surface area is 161 Å². The van der Waals surface area contributed by atoms with Gasteiger partial charge in [-0.1, -0.05) is 12.1 Å². The molecule has 0 radical (unpaired) electrons. The minimum absolute atomic E-state index is 0.0851. The number of hydrogen-bond acceptors (Lipinski definition) is 5. The van der Waals surface area contributed by atoms with E-state index in [1.165, 1.54) is 18.2 Å². The average Bonchev–Trinajstić information content (AvgIpc) is 2.99. The number of nitrogens with one attached hydrogen (secondary N) is 1. The van der Waals surface area contributed by atoms with Crippen LogP contribution in [0, 0.1) is 4.78 Å². The van der Waals surface area contributed by atoms with Gasteiger partial charge in [0.1, 0.15) is 5.69 Å². The summed E-state index contributed by atoms with van der Waals surface area (Å²) in [6.45, 7) is 1.99. The highest BCUT2D eigenvalue weighted by atomic mass is 32.2. The number of aliphatic hydroxyl groups excluding tert-OH is 1. The molecule has 2 heterocycles. The van der Waals surface area contributed by atoms with Crippen molar-refractivity contribution in [2.75, 3.05) is 11.4 Å². The molecule has 1 fully saturated rings. The number of hydrogen-bond donors (Lipinski definition) is 2. The van der Waals surface area contributed by atoms with Gasteiger partial charge in [-0.05, 0) is 36.2 Å². The fraction of sp³-hybridized carbons (Fsp3) is 0.444. The van der Waals surface area contributed by atoms with Gasteiger partial charge in [-0.15, -0.1) is 0 Å². The largest absolute Gasteiger partial charge is 0.389 e. The number of fused-ring (bicyclic) bond motifs is 1. The molecule has 1 unspecified atom stereocenters. The normalized spacial score (nSPS) is 24.2. The first kappa shape index (κ1) is 19.3. The predicted octanol–water partition coefficient (Wildman–Crippen LogP) is 3.71. The first-order valence-electron chi connectivity index (χ1n) is 8.76. The lowest BCUT2D eigenvalue weighted by atomic mass is 10.0. The summed E-state index contributed by atoms with van der Waals surface area (Å²) >= 11 is 0. The van der Waals surface area contributed by atoms with E-state index in [-0.39, 0.29) is 47.7 Å². The smallest absolute Gasteiger partial charge is 0.298 e. The second kappa shape index (κ2) is 6.77. The maximum atomic E-state index is 14.4. The van der Waals surface area contributed by atoms with E-state index in [9.17, 15) is 22.7 Å². The molecule has 1 aliphatic heterocycles. The van der Waals surface area contributed by atoms with Crippen molar-refractivity contribution in [3.63, 3.8) is 0 Å². The molecule has 2 aromatic rings. The summed E-state index contributed by atoms with van der Waals surface area (Å²) in [5, 5.41) is 9.74. The van der Waals surface area contributed by atoms with E-state index in [1.54, 1.807) is 17.9 Å². The van der Waals surface area contributed by atoms with Gasteiger partial charge in [0.15, 0.2) is 0 Å². The molecule has 4 rings (SSSR count). The van der Waals surface area contributed by atoms with Crippen LogP contribution >= 0.6 is 0 Å². The highest BCUT2D eigenvalue weighted by Gasteiger charge is 2.45. The molecule has 28 heavy (non-hydrogen) atoms. The van der Waals surface area contributed by atoms with Gasteiger partial charge in [-0.3, -0.25) is 4.78 Å². The van der Waals surface area contributed by atoms with E-state index in [4.69, 9.17) is 4.78 Å². The fourth-order valence-corrected chi connectivity index (χ4v) is 4.20. The van der Waals surface area contributed by atoms with Crippen LogP contribution in [-0.2, 0) is 23.0 Å². The van der Waals surface area contributed by atoms with Crippen molar-refractivity contribution >= 4 is 16.6 Å². The molecule has 0 saturated carbocycles. The van der Waals surface area contributed by atoms with Crippen molar-refractivity contribution < 1.29 is 22.7 Å². The highest BCUT2D eigenvalue weighted by Crippen LogP contribution is 2.45. The van der Waals surface area contributed by atoms with Gasteiger partial charge in [0, 0.05) is 29.0 Å². The number of rotatable bonds is 4. The summed E-state index contributed by atoms with van der Waals surface area (Å²) in [6, 6.07) is 5.68. The van der Waals surface area contributed by atoms with Gasteiger partial charge in [-0.2, -0.15) is 17.6 Å². The number of aromatic nitrogens is 2. The topological polar surface area (TPSA) is 73.1 Å². The van der Waals surface area contributed by atoms with Crippen LogP contribution in [0.5, 0.6) is 0 Å². The zero-order valence-corrected chi connectivity index (χ0v) is 15.7. The van der Waals surface area contributed by atoms with E-state index in [0.717, 1.165) is 0 Å². The van der Waals surface area contributed by atoms with Crippen LogP contribution in [0.15, 0.2) is 29.2 Å². The molecule has 0 amide bonds. The summed E-state index contributed by atoms with van der Waals surface area (Å²) in [7, 11) is -2.02. The molecule has 1 saturated heterocycles. The van der Waals surface area contributed by atoms with E-state index >= 15 is 0 Å². The zero-order chi connectivity index (χ0) is 20.2. The molecule has 1 aromatic carbocycles. The molecule has 3 atom stereocenters. The Morgan fingerprint density at radius 3 is 2.71 bits per heavy atom. The molecule has 0 spiro atoms. The summed E-state index contributed by atoms with van der Waals surface area (Å²) in [4.78, 5) is 10.3. The average molecular weight is 414 g/mol. The first-order chi connectivity index (χ1) is 13.2. The molecule has 1 aliphatic carbocycles. The summed E-state index contributed by atoms with van der Waals surface area (Å²) in [5.74, 6) is -5.82. The Morgan fingerprint density at radius 2 is 2.07 bits per heavy atom. The number of halogens is 4. The monoisotopic (exact) mass is 414 g/mol. The molecule has 10 heteroatoms. The van der Waals surface area contributed by atoms with Crippen LogP contribution < -0.4 is 4.90 Å².